The molecule has 0 aliphatic heterocycles. The molecule has 2 aromatic carbocycles. The van der Waals surface area contributed by atoms with Crippen molar-refractivity contribution in [3.05, 3.63) is 79.1 Å². The van der Waals surface area contributed by atoms with E-state index >= 15 is 0 Å². The van der Waals surface area contributed by atoms with Crippen molar-refractivity contribution >= 4 is 17.6 Å². The molecule has 140 valence electrons. The van der Waals surface area contributed by atoms with Gasteiger partial charge in [0.1, 0.15) is 5.82 Å². The van der Waals surface area contributed by atoms with Crippen LogP contribution in [0.1, 0.15) is 13.3 Å². The molecule has 5 heteroatoms. The van der Waals surface area contributed by atoms with Crippen LogP contribution < -0.4 is 4.72 Å². The van der Waals surface area contributed by atoms with Crippen molar-refractivity contribution < 1.29 is 0 Å². The molecular weight excluding hydrogens is 364 g/mol. The van der Waals surface area contributed by atoms with E-state index in [2.05, 4.69) is 58.0 Å². The standard InChI is InChI=1S/C23H22N4S/c1-2-15-28-27-20-10-6-9-19(16-20)22-21(17-11-13-24-14-12-17)25-23(26-22)18-7-4-3-5-8-18/h3-14,16,27H,2,15H2,1H3,(H,25,26). The number of H-pyrrole nitrogens is 1. The zero-order chi connectivity index (χ0) is 19.2. The van der Waals surface area contributed by atoms with Crippen LogP contribution in [0.25, 0.3) is 33.9 Å². The lowest BCUT2D eigenvalue weighted by Crippen LogP contribution is -1.90. The first kappa shape index (κ1) is 18.3. The van der Waals surface area contributed by atoms with Gasteiger partial charge in [0.15, 0.2) is 0 Å². The third-order valence-electron chi connectivity index (χ3n) is 4.35. The molecule has 0 fully saturated rings. The second-order valence-electron chi connectivity index (χ2n) is 6.44. The molecule has 0 unspecified atom stereocenters. The predicted molar refractivity (Wildman–Crippen MR) is 119 cm³/mol. The summed E-state index contributed by atoms with van der Waals surface area (Å²) in [6.45, 7) is 2.18. The Morgan fingerprint density at radius 3 is 2.46 bits per heavy atom. The molecule has 0 atom stereocenters. The summed E-state index contributed by atoms with van der Waals surface area (Å²) < 4.78 is 3.42. The van der Waals surface area contributed by atoms with Gasteiger partial charge in [0.2, 0.25) is 0 Å². The van der Waals surface area contributed by atoms with Crippen molar-refractivity contribution in [2.24, 2.45) is 0 Å². The molecular formula is C23H22N4S. The zero-order valence-corrected chi connectivity index (χ0v) is 16.5. The number of hydrogen-bond donors (Lipinski definition) is 2. The Morgan fingerprint density at radius 1 is 0.893 bits per heavy atom. The molecule has 4 aromatic rings. The first-order valence-corrected chi connectivity index (χ1v) is 10.4. The highest BCUT2D eigenvalue weighted by molar-refractivity contribution is 8.00. The van der Waals surface area contributed by atoms with Gasteiger partial charge in [-0.2, -0.15) is 0 Å². The van der Waals surface area contributed by atoms with E-state index in [9.17, 15) is 0 Å². The fraction of sp³-hybridized carbons (Fsp3) is 0.130. The molecule has 0 spiro atoms. The molecule has 2 aromatic heterocycles. The monoisotopic (exact) mass is 386 g/mol. The maximum Gasteiger partial charge on any atom is 0.138 e. The molecule has 2 N–H and O–H groups in total. The molecule has 0 saturated carbocycles. The topological polar surface area (TPSA) is 53.6 Å². The Bertz CT molecular complexity index is 1030. The number of rotatable bonds is 7. The molecule has 28 heavy (non-hydrogen) atoms. The van der Waals surface area contributed by atoms with Crippen molar-refractivity contribution in [2.75, 3.05) is 10.5 Å². The Kier molecular flexibility index (Phi) is 5.73. The van der Waals surface area contributed by atoms with Crippen molar-refractivity contribution in [3.63, 3.8) is 0 Å². The SMILES string of the molecule is CCCSNc1cccc(-c2nc(-c3ccccc3)[nH]c2-c2ccncc2)c1. The molecule has 0 aliphatic rings. The lowest BCUT2D eigenvalue weighted by atomic mass is 10.1. The summed E-state index contributed by atoms with van der Waals surface area (Å²) in [4.78, 5) is 12.6. The summed E-state index contributed by atoms with van der Waals surface area (Å²) in [5, 5.41) is 0. The van der Waals surface area contributed by atoms with Gasteiger partial charge in [0.05, 0.1) is 11.4 Å². The minimum Gasteiger partial charge on any atom is -0.337 e. The maximum atomic E-state index is 4.95. The van der Waals surface area contributed by atoms with E-state index in [-0.39, 0.29) is 0 Å². The number of imidazole rings is 1. The van der Waals surface area contributed by atoms with Gasteiger partial charge in [-0.3, -0.25) is 4.98 Å². The average molecular weight is 387 g/mol. The van der Waals surface area contributed by atoms with Crippen LogP contribution >= 0.6 is 11.9 Å². The number of aromatic nitrogens is 3. The Balaban J connectivity index is 1.77. The number of benzene rings is 2. The van der Waals surface area contributed by atoms with Gasteiger partial charge < -0.3 is 9.71 Å². The first-order valence-electron chi connectivity index (χ1n) is 9.39. The van der Waals surface area contributed by atoms with Crippen molar-refractivity contribution in [2.45, 2.75) is 13.3 Å². The number of hydrogen-bond acceptors (Lipinski definition) is 4. The highest BCUT2D eigenvalue weighted by Gasteiger charge is 2.15. The summed E-state index contributed by atoms with van der Waals surface area (Å²) in [7, 11) is 0. The molecule has 0 bridgehead atoms. The third kappa shape index (κ3) is 4.10. The van der Waals surface area contributed by atoms with Crippen LogP contribution in [-0.4, -0.2) is 20.7 Å². The summed E-state index contributed by atoms with van der Waals surface area (Å²) in [6, 6.07) is 22.6. The van der Waals surface area contributed by atoms with Crippen molar-refractivity contribution in [1.82, 2.24) is 15.0 Å². The van der Waals surface area contributed by atoms with E-state index in [1.165, 1.54) is 0 Å². The highest BCUT2D eigenvalue weighted by atomic mass is 32.2. The molecule has 0 aliphatic carbocycles. The lowest BCUT2D eigenvalue weighted by Gasteiger charge is -2.07. The van der Waals surface area contributed by atoms with Gasteiger partial charge in [0, 0.05) is 40.5 Å². The van der Waals surface area contributed by atoms with Gasteiger partial charge in [-0.05, 0) is 30.7 Å². The molecule has 0 saturated heterocycles. The van der Waals surface area contributed by atoms with Gasteiger partial charge in [0.25, 0.3) is 0 Å². The van der Waals surface area contributed by atoms with E-state index in [1.807, 2.05) is 42.7 Å². The number of pyridine rings is 1. The maximum absolute atomic E-state index is 4.95. The zero-order valence-electron chi connectivity index (χ0n) is 15.7. The van der Waals surface area contributed by atoms with Gasteiger partial charge >= 0.3 is 0 Å². The van der Waals surface area contributed by atoms with Crippen LogP contribution in [0, 0.1) is 0 Å². The third-order valence-corrected chi connectivity index (χ3v) is 5.34. The van der Waals surface area contributed by atoms with Crippen LogP contribution in [0.4, 0.5) is 5.69 Å². The molecule has 0 amide bonds. The Morgan fingerprint density at radius 2 is 1.68 bits per heavy atom. The Hall–Kier alpha value is -3.05. The van der Waals surface area contributed by atoms with Crippen LogP contribution in [0.3, 0.4) is 0 Å². The minimum atomic E-state index is 0.862. The average Bonchev–Trinajstić information content (AvgIpc) is 3.21. The summed E-state index contributed by atoms with van der Waals surface area (Å²) in [5.41, 5.74) is 6.23. The number of nitrogens with zero attached hydrogens (tertiary/aromatic N) is 2. The van der Waals surface area contributed by atoms with E-state index in [0.29, 0.717) is 0 Å². The van der Waals surface area contributed by atoms with Crippen LogP contribution in [0.5, 0.6) is 0 Å². The van der Waals surface area contributed by atoms with Gasteiger partial charge in [-0.15, -0.1) is 0 Å². The normalized spacial score (nSPS) is 10.8. The molecule has 4 rings (SSSR count). The lowest BCUT2D eigenvalue weighted by molar-refractivity contribution is 1.11. The molecule has 4 nitrogen and oxygen atoms in total. The number of aromatic amines is 1. The van der Waals surface area contributed by atoms with Gasteiger partial charge in [-0.1, -0.05) is 61.3 Å². The largest absolute Gasteiger partial charge is 0.337 e. The second-order valence-corrected chi connectivity index (χ2v) is 7.34. The number of nitrogens with one attached hydrogen (secondary N) is 2. The summed E-state index contributed by atoms with van der Waals surface area (Å²) in [5.74, 6) is 1.94. The van der Waals surface area contributed by atoms with E-state index < -0.39 is 0 Å². The molecule has 2 heterocycles. The molecule has 0 radical (unpaired) electrons. The fourth-order valence-corrected chi connectivity index (χ4v) is 3.61. The van der Waals surface area contributed by atoms with Crippen LogP contribution in [-0.2, 0) is 0 Å². The smallest absolute Gasteiger partial charge is 0.138 e. The van der Waals surface area contributed by atoms with Gasteiger partial charge in [-0.25, -0.2) is 4.98 Å². The van der Waals surface area contributed by atoms with Crippen molar-refractivity contribution in [1.29, 1.82) is 0 Å². The second kappa shape index (κ2) is 8.76. The van der Waals surface area contributed by atoms with Crippen molar-refractivity contribution in [3.8, 4) is 33.9 Å². The van der Waals surface area contributed by atoms with Crippen LogP contribution in [0.2, 0.25) is 0 Å². The summed E-state index contributed by atoms with van der Waals surface area (Å²) >= 11 is 1.73. The Labute approximate surface area is 169 Å². The predicted octanol–water partition coefficient (Wildman–Crippen LogP) is 6.28. The quantitative estimate of drug-likeness (QED) is 0.290. The summed E-state index contributed by atoms with van der Waals surface area (Å²) in [6.07, 6.45) is 4.76. The minimum absolute atomic E-state index is 0.862. The number of anilines is 1. The highest BCUT2D eigenvalue weighted by Crippen LogP contribution is 2.34. The van der Waals surface area contributed by atoms with Crippen LogP contribution in [0.15, 0.2) is 79.1 Å². The van der Waals surface area contributed by atoms with E-state index in [4.69, 9.17) is 4.98 Å². The fourth-order valence-electron chi connectivity index (χ4n) is 3.01. The van der Waals surface area contributed by atoms with E-state index in [1.54, 1.807) is 11.9 Å². The first-order chi connectivity index (χ1) is 13.8. The van der Waals surface area contributed by atoms with E-state index in [0.717, 1.165) is 51.8 Å².